The first-order valence-corrected chi connectivity index (χ1v) is 7.10. The topological polar surface area (TPSA) is 74.4 Å². The quantitative estimate of drug-likeness (QED) is 0.799. The zero-order chi connectivity index (χ0) is 16.1. The van der Waals surface area contributed by atoms with Crippen LogP contribution >= 0.6 is 0 Å². The van der Waals surface area contributed by atoms with Crippen LogP contribution in [0.2, 0.25) is 0 Å². The average molecular weight is 307 g/mol. The third kappa shape index (κ3) is 2.04. The largest absolute Gasteiger partial charge is 0.376 e. The number of nitrogens with one attached hydrogen (secondary N) is 2. The summed E-state index contributed by atoms with van der Waals surface area (Å²) in [6.45, 7) is 5.77. The molecule has 1 aromatic heterocycles. The number of fused-ring (bicyclic) bond motifs is 1. The number of hydrogen-bond acceptors (Lipinski definition) is 4. The lowest BCUT2D eigenvalue weighted by Gasteiger charge is -2.51. The molecule has 0 saturated carbocycles. The van der Waals surface area contributed by atoms with E-state index in [1.165, 1.54) is 11.0 Å². The van der Waals surface area contributed by atoms with E-state index in [0.717, 1.165) is 6.20 Å². The lowest BCUT2D eigenvalue weighted by atomic mass is 9.72. The summed E-state index contributed by atoms with van der Waals surface area (Å²) in [6, 6.07) is 1.18. The first kappa shape index (κ1) is 14.8. The third-order valence-corrected chi connectivity index (χ3v) is 4.51. The summed E-state index contributed by atoms with van der Waals surface area (Å²) in [5.74, 6) is -0.902. The van der Waals surface area contributed by atoms with Gasteiger partial charge in [0.25, 0.3) is 0 Å². The number of H-pyrrole nitrogens is 1. The van der Waals surface area contributed by atoms with Crippen LogP contribution in [0.15, 0.2) is 29.5 Å². The molecule has 0 radical (unpaired) electrons. The van der Waals surface area contributed by atoms with Gasteiger partial charge in [-0.2, -0.15) is 0 Å². The molecule has 1 amide bonds. The molecular formula is C15H18FN3O3. The van der Waals surface area contributed by atoms with Crippen molar-refractivity contribution in [3.63, 3.8) is 0 Å². The van der Waals surface area contributed by atoms with Crippen LogP contribution < -0.4 is 10.9 Å². The van der Waals surface area contributed by atoms with Gasteiger partial charge in [0.1, 0.15) is 17.2 Å². The highest BCUT2D eigenvalue weighted by Crippen LogP contribution is 2.42. The monoisotopic (exact) mass is 307 g/mol. The highest BCUT2D eigenvalue weighted by molar-refractivity contribution is 5.83. The normalized spacial score (nSPS) is 31.7. The summed E-state index contributed by atoms with van der Waals surface area (Å²) in [5.41, 5.74) is -1.40. The Morgan fingerprint density at radius 2 is 2.23 bits per heavy atom. The Morgan fingerprint density at radius 1 is 1.50 bits per heavy atom. The van der Waals surface area contributed by atoms with Crippen molar-refractivity contribution in [1.29, 1.82) is 0 Å². The number of rotatable bonds is 1. The summed E-state index contributed by atoms with van der Waals surface area (Å²) in [6.07, 6.45) is 1.33. The Hall–Kier alpha value is -2.15. The Balaban J connectivity index is 2.18. The van der Waals surface area contributed by atoms with Crippen molar-refractivity contribution >= 4 is 5.91 Å². The van der Waals surface area contributed by atoms with Gasteiger partial charge in [0.15, 0.2) is 0 Å². The van der Waals surface area contributed by atoms with Gasteiger partial charge in [-0.05, 0) is 13.3 Å². The predicted octanol–water partition coefficient (Wildman–Crippen LogP) is 0.667. The van der Waals surface area contributed by atoms with E-state index in [1.54, 1.807) is 7.05 Å². The molecular weight excluding hydrogens is 289 g/mol. The minimum Gasteiger partial charge on any atom is -0.376 e. The zero-order valence-corrected chi connectivity index (χ0v) is 12.5. The van der Waals surface area contributed by atoms with E-state index < -0.39 is 22.8 Å². The first-order chi connectivity index (χ1) is 10.3. The van der Waals surface area contributed by atoms with E-state index in [1.807, 2.05) is 6.92 Å². The average Bonchev–Trinajstić information content (AvgIpc) is 2.49. The molecule has 2 aliphatic heterocycles. The van der Waals surface area contributed by atoms with Crippen molar-refractivity contribution in [2.45, 2.75) is 25.0 Å². The van der Waals surface area contributed by atoms with Crippen molar-refractivity contribution in [2.24, 2.45) is 5.92 Å². The molecule has 2 saturated heterocycles. The van der Waals surface area contributed by atoms with Gasteiger partial charge >= 0.3 is 0 Å². The van der Waals surface area contributed by atoms with Crippen molar-refractivity contribution in [1.82, 2.24) is 15.2 Å². The molecule has 1 aromatic rings. The predicted molar refractivity (Wildman–Crippen MR) is 77.3 cm³/mol. The maximum absolute atomic E-state index is 14.3. The van der Waals surface area contributed by atoms with Gasteiger partial charge in [-0.15, -0.1) is 0 Å². The lowest BCUT2D eigenvalue weighted by Crippen LogP contribution is -2.65. The van der Waals surface area contributed by atoms with Gasteiger partial charge in [0.2, 0.25) is 11.5 Å². The summed E-state index contributed by atoms with van der Waals surface area (Å²) >= 11 is 0. The van der Waals surface area contributed by atoms with Crippen LogP contribution in [0.25, 0.3) is 0 Å². The first-order valence-electron chi connectivity index (χ1n) is 7.10. The molecule has 118 valence electrons. The van der Waals surface area contributed by atoms with Gasteiger partial charge in [-0.3, -0.25) is 9.59 Å². The van der Waals surface area contributed by atoms with Gasteiger partial charge < -0.3 is 19.9 Å². The maximum atomic E-state index is 14.3. The summed E-state index contributed by atoms with van der Waals surface area (Å²) in [7, 11) is 1.62. The minimum atomic E-state index is -1.11. The molecule has 7 heteroatoms. The lowest BCUT2D eigenvalue weighted by molar-refractivity contribution is -0.153. The van der Waals surface area contributed by atoms with E-state index in [-0.39, 0.29) is 24.2 Å². The fourth-order valence-electron chi connectivity index (χ4n) is 3.25. The number of carbonyl (C=O) groups is 1. The summed E-state index contributed by atoms with van der Waals surface area (Å²) in [5, 5.41) is 3.11. The van der Waals surface area contributed by atoms with E-state index in [4.69, 9.17) is 4.74 Å². The number of carbonyl (C=O) groups excluding carboxylic acids is 1. The number of halogens is 1. The second-order valence-electron chi connectivity index (χ2n) is 5.91. The number of amides is 1. The van der Waals surface area contributed by atoms with Gasteiger partial charge in [-0.25, -0.2) is 4.39 Å². The second-order valence-corrected chi connectivity index (χ2v) is 5.91. The maximum Gasteiger partial charge on any atom is 0.248 e. The van der Waals surface area contributed by atoms with Crippen molar-refractivity contribution in [2.75, 3.05) is 13.7 Å². The number of ether oxygens (including phenoxy) is 1. The van der Waals surface area contributed by atoms with Crippen LogP contribution in [0, 0.1) is 11.7 Å². The molecule has 2 fully saturated rings. The van der Waals surface area contributed by atoms with Crippen molar-refractivity contribution in [3.05, 3.63) is 46.4 Å². The molecule has 6 nitrogen and oxygen atoms in total. The molecule has 2 N–H and O–H groups in total. The van der Waals surface area contributed by atoms with Gasteiger partial charge in [0, 0.05) is 24.9 Å². The zero-order valence-electron chi connectivity index (χ0n) is 12.5. The van der Waals surface area contributed by atoms with Crippen molar-refractivity contribution in [3.8, 4) is 0 Å². The van der Waals surface area contributed by atoms with E-state index in [9.17, 15) is 14.0 Å². The Kier molecular flexibility index (Phi) is 3.32. The van der Waals surface area contributed by atoms with E-state index >= 15 is 0 Å². The number of aromatic amines is 1. The fourth-order valence-corrected chi connectivity index (χ4v) is 3.25. The summed E-state index contributed by atoms with van der Waals surface area (Å²) < 4.78 is 20.0. The standard InChI is InChI=1S/C15H18FN3O3/c1-8-4-11-14(21)19(3)9(2)18-15(11,7-22-8)10-5-13(20)17-6-12(10)16/h5-6,8,11,18H,2,4,7H2,1,3H3,(H,17,20)/t8-,11-,15+/m0/s1. The molecule has 3 atom stereocenters. The molecule has 22 heavy (non-hydrogen) atoms. The van der Waals surface area contributed by atoms with Crippen LogP contribution in [-0.4, -0.2) is 35.5 Å². The van der Waals surface area contributed by atoms with Crippen molar-refractivity contribution < 1.29 is 13.9 Å². The molecule has 0 unspecified atom stereocenters. The Morgan fingerprint density at radius 3 is 2.95 bits per heavy atom. The molecule has 0 aliphatic carbocycles. The molecule has 0 bridgehead atoms. The number of nitrogens with zero attached hydrogens (tertiary/aromatic N) is 1. The van der Waals surface area contributed by atoms with Gasteiger partial charge in [-0.1, -0.05) is 6.58 Å². The van der Waals surface area contributed by atoms with E-state index in [0.29, 0.717) is 12.2 Å². The van der Waals surface area contributed by atoms with Crippen LogP contribution in [0.5, 0.6) is 0 Å². The molecule has 2 aliphatic rings. The van der Waals surface area contributed by atoms with Crippen LogP contribution in [0.3, 0.4) is 0 Å². The fraction of sp³-hybridized carbons (Fsp3) is 0.467. The highest BCUT2D eigenvalue weighted by atomic mass is 19.1. The molecule has 3 rings (SSSR count). The van der Waals surface area contributed by atoms with Crippen LogP contribution in [0.1, 0.15) is 18.9 Å². The third-order valence-electron chi connectivity index (χ3n) is 4.51. The van der Waals surface area contributed by atoms with Crippen LogP contribution in [0.4, 0.5) is 4.39 Å². The van der Waals surface area contributed by atoms with Gasteiger partial charge in [0.05, 0.1) is 18.6 Å². The number of pyridine rings is 1. The molecule has 0 spiro atoms. The molecule has 0 aromatic carbocycles. The Labute approximate surface area is 127 Å². The SMILES string of the molecule is C=C1N[C@@]2(c3cc(=O)[nH]cc3F)CO[C@@H](C)C[C@H]2C(=O)N1C. The molecule has 3 heterocycles. The minimum absolute atomic E-state index is 0.0950. The number of hydrogen-bond donors (Lipinski definition) is 2. The second kappa shape index (κ2) is 4.95. The Bertz CT molecular complexity index is 702. The van der Waals surface area contributed by atoms with E-state index in [2.05, 4.69) is 16.9 Å². The number of aromatic nitrogens is 1. The summed E-state index contributed by atoms with van der Waals surface area (Å²) in [4.78, 5) is 28.0. The van der Waals surface area contributed by atoms with Crippen LogP contribution in [-0.2, 0) is 15.1 Å². The smallest absolute Gasteiger partial charge is 0.248 e. The highest BCUT2D eigenvalue weighted by Gasteiger charge is 2.54.